The summed E-state index contributed by atoms with van der Waals surface area (Å²) >= 11 is 0. The molecule has 0 aliphatic carbocycles. The number of carboxylic acid groups (broad SMARTS) is 1. The van der Waals surface area contributed by atoms with E-state index in [0.29, 0.717) is 0 Å². The van der Waals surface area contributed by atoms with Crippen LogP contribution in [-0.2, 0) is 4.79 Å². The summed E-state index contributed by atoms with van der Waals surface area (Å²) < 4.78 is 13.6. The zero-order valence-electron chi connectivity index (χ0n) is 10.2. The summed E-state index contributed by atoms with van der Waals surface area (Å²) in [7, 11) is 0. The molecule has 1 rings (SSSR count). The van der Waals surface area contributed by atoms with Crippen molar-refractivity contribution < 1.29 is 19.1 Å². The van der Waals surface area contributed by atoms with Gasteiger partial charge in [-0.05, 0) is 26.0 Å². The molecule has 1 aromatic carbocycles. The van der Waals surface area contributed by atoms with Crippen LogP contribution in [0.4, 0.5) is 10.1 Å². The van der Waals surface area contributed by atoms with Crippen LogP contribution in [0.1, 0.15) is 30.6 Å². The van der Waals surface area contributed by atoms with E-state index >= 15 is 0 Å². The Morgan fingerprint density at radius 1 is 1.44 bits per heavy atom. The fourth-order valence-corrected chi connectivity index (χ4v) is 1.65. The van der Waals surface area contributed by atoms with Crippen LogP contribution < -0.4 is 11.1 Å². The van der Waals surface area contributed by atoms with Gasteiger partial charge in [-0.1, -0.05) is 6.07 Å². The lowest BCUT2D eigenvalue weighted by Gasteiger charge is -2.27. The summed E-state index contributed by atoms with van der Waals surface area (Å²) in [6.07, 6.45) is -0.0413. The molecule has 0 heterocycles. The number of primary amides is 1. The Morgan fingerprint density at radius 3 is 2.56 bits per heavy atom. The van der Waals surface area contributed by atoms with Crippen molar-refractivity contribution in [2.24, 2.45) is 5.73 Å². The molecule has 4 N–H and O–H groups in total. The number of anilines is 1. The van der Waals surface area contributed by atoms with E-state index in [-0.39, 0.29) is 17.7 Å². The lowest BCUT2D eigenvalue weighted by Crippen LogP contribution is -2.36. The Kier molecular flexibility index (Phi) is 3.90. The minimum Gasteiger partial charge on any atom is -0.478 e. The summed E-state index contributed by atoms with van der Waals surface area (Å²) in [5.41, 5.74) is 3.91. The van der Waals surface area contributed by atoms with Crippen LogP contribution in [0.2, 0.25) is 0 Å². The second-order valence-corrected chi connectivity index (χ2v) is 4.62. The predicted octanol–water partition coefficient (Wildman–Crippen LogP) is 1.59. The first-order valence-corrected chi connectivity index (χ1v) is 5.31. The molecule has 98 valence electrons. The topological polar surface area (TPSA) is 92.4 Å². The Balaban J connectivity index is 3.10. The van der Waals surface area contributed by atoms with Crippen LogP contribution in [0.5, 0.6) is 0 Å². The van der Waals surface area contributed by atoms with E-state index < -0.39 is 23.2 Å². The minimum absolute atomic E-state index is 0.0413. The van der Waals surface area contributed by atoms with Gasteiger partial charge >= 0.3 is 5.97 Å². The second kappa shape index (κ2) is 5.03. The van der Waals surface area contributed by atoms with E-state index in [9.17, 15) is 14.0 Å². The third kappa shape index (κ3) is 3.44. The van der Waals surface area contributed by atoms with Gasteiger partial charge in [0.25, 0.3) is 0 Å². The third-order valence-electron chi connectivity index (χ3n) is 2.32. The molecule has 0 aliphatic rings. The molecule has 0 aromatic heterocycles. The summed E-state index contributed by atoms with van der Waals surface area (Å²) in [5, 5.41) is 11.7. The first-order chi connectivity index (χ1) is 8.23. The van der Waals surface area contributed by atoms with Crippen molar-refractivity contribution in [3.8, 4) is 0 Å². The Hall–Kier alpha value is -2.11. The van der Waals surface area contributed by atoms with Crippen LogP contribution in [0.15, 0.2) is 18.2 Å². The Labute approximate surface area is 104 Å². The highest BCUT2D eigenvalue weighted by Gasteiger charge is 2.24. The molecule has 6 heteroatoms. The maximum atomic E-state index is 13.6. The fourth-order valence-electron chi connectivity index (χ4n) is 1.65. The van der Waals surface area contributed by atoms with Crippen molar-refractivity contribution in [2.45, 2.75) is 25.8 Å². The van der Waals surface area contributed by atoms with Crippen molar-refractivity contribution in [1.82, 2.24) is 0 Å². The van der Waals surface area contributed by atoms with Crippen molar-refractivity contribution >= 4 is 17.6 Å². The van der Waals surface area contributed by atoms with Crippen LogP contribution in [0, 0.1) is 5.82 Å². The van der Waals surface area contributed by atoms with Gasteiger partial charge in [-0.15, -0.1) is 0 Å². The number of carboxylic acids is 1. The van der Waals surface area contributed by atoms with Crippen LogP contribution in [0.3, 0.4) is 0 Å². The lowest BCUT2D eigenvalue weighted by atomic mass is 9.98. The quantitative estimate of drug-likeness (QED) is 0.744. The lowest BCUT2D eigenvalue weighted by molar-refractivity contribution is -0.118. The van der Waals surface area contributed by atoms with Crippen LogP contribution in [0.25, 0.3) is 0 Å². The number of rotatable bonds is 5. The van der Waals surface area contributed by atoms with E-state index in [1.807, 2.05) is 0 Å². The zero-order chi connectivity index (χ0) is 13.9. The molecule has 0 unspecified atom stereocenters. The molecule has 1 aromatic rings. The van der Waals surface area contributed by atoms with Gasteiger partial charge in [0.05, 0.1) is 11.3 Å². The number of amides is 1. The average Bonchev–Trinajstić information content (AvgIpc) is 2.18. The maximum absolute atomic E-state index is 13.6. The standard InChI is InChI=1S/C12H15FN2O3/c1-12(2,6-9(14)16)15-10-7(11(17)18)4-3-5-8(10)13/h3-5,15H,6H2,1-2H3,(H2,14,16)(H,17,18). The molecule has 0 saturated heterocycles. The largest absolute Gasteiger partial charge is 0.478 e. The zero-order valence-corrected chi connectivity index (χ0v) is 10.2. The second-order valence-electron chi connectivity index (χ2n) is 4.62. The fraction of sp³-hybridized carbons (Fsp3) is 0.333. The van der Waals surface area contributed by atoms with E-state index in [0.717, 1.165) is 6.07 Å². The molecule has 18 heavy (non-hydrogen) atoms. The Bertz CT molecular complexity index is 486. The molecule has 1 amide bonds. The molecule has 0 atom stereocenters. The molecule has 0 fully saturated rings. The maximum Gasteiger partial charge on any atom is 0.337 e. The predicted molar refractivity (Wildman–Crippen MR) is 64.9 cm³/mol. The van der Waals surface area contributed by atoms with Gasteiger partial charge in [0, 0.05) is 12.0 Å². The van der Waals surface area contributed by atoms with Gasteiger partial charge in [-0.2, -0.15) is 0 Å². The van der Waals surface area contributed by atoms with Crippen LogP contribution in [-0.4, -0.2) is 22.5 Å². The number of aromatic carboxylic acids is 1. The molecular weight excluding hydrogens is 239 g/mol. The number of carbonyl (C=O) groups excluding carboxylic acids is 1. The van der Waals surface area contributed by atoms with Crippen molar-refractivity contribution in [3.63, 3.8) is 0 Å². The number of hydrogen-bond acceptors (Lipinski definition) is 3. The number of carbonyl (C=O) groups is 2. The van der Waals surface area contributed by atoms with Crippen molar-refractivity contribution in [1.29, 1.82) is 0 Å². The molecule has 0 radical (unpaired) electrons. The highest BCUT2D eigenvalue weighted by Crippen LogP contribution is 2.25. The highest BCUT2D eigenvalue weighted by atomic mass is 19.1. The molecule has 0 spiro atoms. The summed E-state index contributed by atoms with van der Waals surface area (Å²) in [4.78, 5) is 21.9. The summed E-state index contributed by atoms with van der Waals surface area (Å²) in [5.74, 6) is -2.49. The molecular formula is C12H15FN2O3. The van der Waals surface area contributed by atoms with Crippen molar-refractivity contribution in [2.75, 3.05) is 5.32 Å². The number of hydrogen-bond donors (Lipinski definition) is 3. The first-order valence-electron chi connectivity index (χ1n) is 5.31. The number of nitrogens with two attached hydrogens (primary N) is 1. The van der Waals surface area contributed by atoms with E-state index in [4.69, 9.17) is 10.8 Å². The molecule has 0 aliphatic heterocycles. The minimum atomic E-state index is -1.24. The number of benzene rings is 1. The summed E-state index contributed by atoms with van der Waals surface area (Å²) in [6.45, 7) is 3.27. The van der Waals surface area contributed by atoms with E-state index in [1.165, 1.54) is 12.1 Å². The molecule has 5 nitrogen and oxygen atoms in total. The van der Waals surface area contributed by atoms with Gasteiger partial charge in [-0.3, -0.25) is 4.79 Å². The van der Waals surface area contributed by atoms with Crippen LogP contribution >= 0.6 is 0 Å². The van der Waals surface area contributed by atoms with Gasteiger partial charge in [-0.25, -0.2) is 9.18 Å². The van der Waals surface area contributed by atoms with Gasteiger partial charge in [0.15, 0.2) is 0 Å². The number of halogens is 1. The van der Waals surface area contributed by atoms with Gasteiger partial charge < -0.3 is 16.2 Å². The van der Waals surface area contributed by atoms with Gasteiger partial charge in [0.2, 0.25) is 5.91 Å². The number of para-hydroxylation sites is 1. The van der Waals surface area contributed by atoms with E-state index in [1.54, 1.807) is 13.8 Å². The molecule has 0 bridgehead atoms. The first kappa shape index (κ1) is 14.0. The monoisotopic (exact) mass is 254 g/mol. The smallest absolute Gasteiger partial charge is 0.337 e. The third-order valence-corrected chi connectivity index (χ3v) is 2.32. The SMILES string of the molecule is CC(C)(CC(N)=O)Nc1c(F)cccc1C(=O)O. The van der Waals surface area contributed by atoms with Gasteiger partial charge in [0.1, 0.15) is 5.82 Å². The molecule has 0 saturated carbocycles. The highest BCUT2D eigenvalue weighted by molar-refractivity contribution is 5.94. The van der Waals surface area contributed by atoms with Crippen molar-refractivity contribution in [3.05, 3.63) is 29.6 Å². The summed E-state index contributed by atoms with van der Waals surface area (Å²) in [6, 6.07) is 3.74. The number of nitrogens with one attached hydrogen (secondary N) is 1. The normalized spacial score (nSPS) is 11.1. The van der Waals surface area contributed by atoms with E-state index in [2.05, 4.69) is 5.32 Å². The average molecular weight is 254 g/mol. The Morgan fingerprint density at radius 2 is 2.06 bits per heavy atom.